The zero-order valence-electron chi connectivity index (χ0n) is 11.1. The lowest BCUT2D eigenvalue weighted by Gasteiger charge is -2.15. The molecular weight excluding hydrogens is 260 g/mol. The summed E-state index contributed by atoms with van der Waals surface area (Å²) < 4.78 is 10.6. The summed E-state index contributed by atoms with van der Waals surface area (Å²) in [4.78, 5) is 0. The minimum atomic E-state index is -0.122. The first-order chi connectivity index (χ1) is 9.24. The number of methoxy groups -OCH3 is 2. The fourth-order valence-corrected chi connectivity index (χ4v) is 2.37. The molecule has 2 aromatic rings. The molecule has 0 amide bonds. The van der Waals surface area contributed by atoms with E-state index in [1.54, 1.807) is 14.2 Å². The van der Waals surface area contributed by atoms with E-state index in [1.165, 1.54) is 5.56 Å². The molecule has 0 spiro atoms. The lowest BCUT2D eigenvalue weighted by molar-refractivity contribution is 0.390. The first-order valence-electron chi connectivity index (χ1n) is 6.14. The van der Waals surface area contributed by atoms with E-state index in [1.807, 2.05) is 36.4 Å². The van der Waals surface area contributed by atoms with Crippen molar-refractivity contribution in [2.75, 3.05) is 14.2 Å². The molecule has 0 bridgehead atoms. The summed E-state index contributed by atoms with van der Waals surface area (Å²) in [6.45, 7) is 0. The Balaban J connectivity index is 2.21. The van der Waals surface area contributed by atoms with E-state index >= 15 is 0 Å². The fraction of sp³-hybridized carbons (Fsp3) is 0.250. The van der Waals surface area contributed by atoms with Gasteiger partial charge in [-0.3, -0.25) is 0 Å². The van der Waals surface area contributed by atoms with Gasteiger partial charge in [0, 0.05) is 11.6 Å². The molecule has 0 saturated heterocycles. The molecule has 0 aliphatic carbocycles. The van der Waals surface area contributed by atoms with Gasteiger partial charge in [0.05, 0.1) is 19.6 Å². The summed E-state index contributed by atoms with van der Waals surface area (Å²) >= 11 is 6.50. The molecule has 0 N–H and O–H groups in total. The van der Waals surface area contributed by atoms with Gasteiger partial charge in [0.1, 0.15) is 11.5 Å². The normalized spacial score (nSPS) is 11.9. The Hall–Kier alpha value is -1.67. The van der Waals surface area contributed by atoms with Crippen molar-refractivity contribution in [3.05, 3.63) is 59.7 Å². The van der Waals surface area contributed by atoms with Crippen LogP contribution in [0.2, 0.25) is 0 Å². The van der Waals surface area contributed by atoms with E-state index in [2.05, 4.69) is 12.1 Å². The second-order valence-corrected chi connectivity index (χ2v) is 4.79. The quantitative estimate of drug-likeness (QED) is 0.761. The Kier molecular flexibility index (Phi) is 4.69. The van der Waals surface area contributed by atoms with E-state index in [9.17, 15) is 0 Å². The standard InChI is InChI=1S/C16H17ClO2/c1-18-13-8-9-14(16(11-13)19-2)15(17)10-12-6-4-3-5-7-12/h3-9,11,15H,10H2,1-2H3. The van der Waals surface area contributed by atoms with Gasteiger partial charge in [0.2, 0.25) is 0 Å². The van der Waals surface area contributed by atoms with E-state index in [0.717, 1.165) is 23.5 Å². The Bertz CT molecular complexity index is 526. The first kappa shape index (κ1) is 13.8. The summed E-state index contributed by atoms with van der Waals surface area (Å²) in [5.41, 5.74) is 2.19. The predicted octanol–water partition coefficient (Wildman–Crippen LogP) is 4.23. The Morgan fingerprint density at radius 2 is 1.74 bits per heavy atom. The topological polar surface area (TPSA) is 18.5 Å². The molecule has 1 unspecified atom stereocenters. The number of benzene rings is 2. The van der Waals surface area contributed by atoms with Crippen LogP contribution in [0, 0.1) is 0 Å². The zero-order chi connectivity index (χ0) is 13.7. The average Bonchev–Trinajstić information content (AvgIpc) is 2.47. The molecule has 3 heteroatoms. The largest absolute Gasteiger partial charge is 0.497 e. The van der Waals surface area contributed by atoms with Crippen LogP contribution in [0.5, 0.6) is 11.5 Å². The van der Waals surface area contributed by atoms with Gasteiger partial charge in [-0.15, -0.1) is 11.6 Å². The smallest absolute Gasteiger partial charge is 0.127 e. The van der Waals surface area contributed by atoms with Crippen molar-refractivity contribution >= 4 is 11.6 Å². The van der Waals surface area contributed by atoms with Gasteiger partial charge in [0.25, 0.3) is 0 Å². The second kappa shape index (κ2) is 6.48. The van der Waals surface area contributed by atoms with Crippen molar-refractivity contribution in [3.8, 4) is 11.5 Å². The van der Waals surface area contributed by atoms with Gasteiger partial charge in [0.15, 0.2) is 0 Å². The fourth-order valence-electron chi connectivity index (χ4n) is 2.01. The lowest BCUT2D eigenvalue weighted by Crippen LogP contribution is -1.99. The number of hydrogen-bond acceptors (Lipinski definition) is 2. The molecule has 19 heavy (non-hydrogen) atoms. The van der Waals surface area contributed by atoms with Crippen molar-refractivity contribution in [3.63, 3.8) is 0 Å². The Morgan fingerprint density at radius 1 is 1.00 bits per heavy atom. The lowest BCUT2D eigenvalue weighted by atomic mass is 10.0. The number of rotatable bonds is 5. The van der Waals surface area contributed by atoms with Gasteiger partial charge in [-0.05, 0) is 18.1 Å². The minimum absolute atomic E-state index is 0.122. The first-order valence-corrected chi connectivity index (χ1v) is 6.58. The molecule has 100 valence electrons. The van der Waals surface area contributed by atoms with E-state index in [4.69, 9.17) is 21.1 Å². The maximum absolute atomic E-state index is 6.50. The second-order valence-electron chi connectivity index (χ2n) is 4.27. The summed E-state index contributed by atoms with van der Waals surface area (Å²) in [7, 11) is 3.28. The van der Waals surface area contributed by atoms with Crippen molar-refractivity contribution < 1.29 is 9.47 Å². The van der Waals surface area contributed by atoms with Crippen LogP contribution in [0.25, 0.3) is 0 Å². The molecule has 0 aromatic heterocycles. The molecule has 0 aliphatic rings. The number of hydrogen-bond donors (Lipinski definition) is 0. The van der Waals surface area contributed by atoms with E-state index < -0.39 is 0 Å². The summed E-state index contributed by atoms with van der Waals surface area (Å²) in [5, 5.41) is -0.122. The maximum Gasteiger partial charge on any atom is 0.127 e. The van der Waals surface area contributed by atoms with Gasteiger partial charge < -0.3 is 9.47 Å². The van der Waals surface area contributed by atoms with Crippen molar-refractivity contribution in [2.24, 2.45) is 0 Å². The molecule has 2 rings (SSSR count). The minimum Gasteiger partial charge on any atom is -0.497 e. The van der Waals surface area contributed by atoms with Crippen LogP contribution in [0.15, 0.2) is 48.5 Å². The van der Waals surface area contributed by atoms with Crippen molar-refractivity contribution in [1.82, 2.24) is 0 Å². The summed E-state index contributed by atoms with van der Waals surface area (Å²) in [6, 6.07) is 15.9. The summed E-state index contributed by atoms with van der Waals surface area (Å²) in [6.07, 6.45) is 0.769. The average molecular weight is 277 g/mol. The third kappa shape index (κ3) is 3.42. The van der Waals surface area contributed by atoms with Crippen molar-refractivity contribution in [2.45, 2.75) is 11.8 Å². The molecule has 2 nitrogen and oxygen atoms in total. The summed E-state index contributed by atoms with van der Waals surface area (Å²) in [5.74, 6) is 1.53. The molecule has 0 radical (unpaired) electrons. The van der Waals surface area contributed by atoms with Crippen LogP contribution in [0.4, 0.5) is 0 Å². The van der Waals surface area contributed by atoms with Gasteiger partial charge in [-0.2, -0.15) is 0 Å². The Labute approximate surface area is 118 Å². The molecule has 0 saturated carbocycles. The molecule has 0 heterocycles. The third-order valence-corrected chi connectivity index (χ3v) is 3.43. The van der Waals surface area contributed by atoms with Crippen LogP contribution < -0.4 is 9.47 Å². The van der Waals surface area contributed by atoms with E-state index in [-0.39, 0.29) is 5.38 Å². The molecule has 1 atom stereocenters. The number of ether oxygens (including phenoxy) is 2. The Morgan fingerprint density at radius 3 is 2.37 bits per heavy atom. The maximum atomic E-state index is 6.50. The highest BCUT2D eigenvalue weighted by molar-refractivity contribution is 6.21. The molecular formula is C16H17ClO2. The van der Waals surface area contributed by atoms with Crippen LogP contribution in [-0.2, 0) is 6.42 Å². The SMILES string of the molecule is COc1ccc(C(Cl)Cc2ccccc2)c(OC)c1. The molecule has 0 aliphatic heterocycles. The number of alkyl halides is 1. The van der Waals surface area contributed by atoms with Crippen molar-refractivity contribution in [1.29, 1.82) is 0 Å². The molecule has 2 aromatic carbocycles. The van der Waals surface area contributed by atoms with E-state index in [0.29, 0.717) is 0 Å². The number of halogens is 1. The van der Waals surface area contributed by atoms with Crippen LogP contribution >= 0.6 is 11.6 Å². The van der Waals surface area contributed by atoms with Crippen LogP contribution in [-0.4, -0.2) is 14.2 Å². The van der Waals surface area contributed by atoms with Gasteiger partial charge in [-0.25, -0.2) is 0 Å². The third-order valence-electron chi connectivity index (χ3n) is 3.04. The highest BCUT2D eigenvalue weighted by Crippen LogP contribution is 2.34. The van der Waals surface area contributed by atoms with Gasteiger partial charge in [-0.1, -0.05) is 36.4 Å². The highest BCUT2D eigenvalue weighted by Gasteiger charge is 2.14. The molecule has 0 fully saturated rings. The van der Waals surface area contributed by atoms with Crippen LogP contribution in [0.1, 0.15) is 16.5 Å². The monoisotopic (exact) mass is 276 g/mol. The van der Waals surface area contributed by atoms with Crippen LogP contribution in [0.3, 0.4) is 0 Å². The predicted molar refractivity (Wildman–Crippen MR) is 78.3 cm³/mol. The van der Waals surface area contributed by atoms with Gasteiger partial charge >= 0.3 is 0 Å². The zero-order valence-corrected chi connectivity index (χ0v) is 11.9. The highest BCUT2D eigenvalue weighted by atomic mass is 35.5.